The van der Waals surface area contributed by atoms with Crippen LogP contribution in [0.15, 0.2) is 48.5 Å². The highest BCUT2D eigenvalue weighted by Gasteiger charge is 2.16. The molecule has 1 atom stereocenters. The number of hydrogen-bond donors (Lipinski definition) is 3. The SMILES string of the molecule is Nc1ccc(C(=O)NC(CO)c2ccccc2)c(Cl)c1. The number of rotatable bonds is 4. The van der Waals surface area contributed by atoms with Gasteiger partial charge in [0.1, 0.15) is 0 Å². The second-order valence-electron chi connectivity index (χ2n) is 4.36. The molecule has 4 N–H and O–H groups in total. The average Bonchev–Trinajstić information content (AvgIpc) is 2.45. The summed E-state index contributed by atoms with van der Waals surface area (Å²) in [5.41, 5.74) is 7.24. The van der Waals surface area contributed by atoms with Gasteiger partial charge in [-0.3, -0.25) is 4.79 Å². The van der Waals surface area contributed by atoms with Crippen molar-refractivity contribution >= 4 is 23.2 Å². The fourth-order valence-electron chi connectivity index (χ4n) is 1.87. The van der Waals surface area contributed by atoms with Gasteiger partial charge in [-0.05, 0) is 23.8 Å². The van der Waals surface area contributed by atoms with Crippen LogP contribution in [0.5, 0.6) is 0 Å². The summed E-state index contributed by atoms with van der Waals surface area (Å²) in [5, 5.41) is 12.5. The van der Waals surface area contributed by atoms with Gasteiger partial charge in [0.25, 0.3) is 5.91 Å². The minimum absolute atomic E-state index is 0.192. The number of amides is 1. The normalized spacial score (nSPS) is 11.9. The first-order valence-electron chi connectivity index (χ1n) is 6.13. The van der Waals surface area contributed by atoms with Crippen LogP contribution in [0, 0.1) is 0 Å². The number of nitrogens with two attached hydrogens (primary N) is 1. The molecule has 0 fully saturated rings. The lowest BCUT2D eigenvalue weighted by Crippen LogP contribution is -2.31. The standard InChI is InChI=1S/C15H15ClN2O2/c16-13-8-11(17)6-7-12(13)15(20)18-14(9-19)10-4-2-1-3-5-10/h1-8,14,19H,9,17H2,(H,18,20). The van der Waals surface area contributed by atoms with Gasteiger partial charge in [-0.25, -0.2) is 0 Å². The van der Waals surface area contributed by atoms with E-state index in [1.807, 2.05) is 30.3 Å². The largest absolute Gasteiger partial charge is 0.399 e. The van der Waals surface area contributed by atoms with E-state index < -0.39 is 6.04 Å². The molecule has 0 saturated carbocycles. The Balaban J connectivity index is 2.17. The lowest BCUT2D eigenvalue weighted by atomic mass is 10.1. The molecule has 5 heteroatoms. The van der Waals surface area contributed by atoms with Crippen molar-refractivity contribution in [2.45, 2.75) is 6.04 Å². The molecule has 104 valence electrons. The lowest BCUT2D eigenvalue weighted by molar-refractivity contribution is 0.0916. The Kier molecular flexibility index (Phi) is 4.61. The summed E-state index contributed by atoms with van der Waals surface area (Å²) in [6.07, 6.45) is 0. The Bertz CT molecular complexity index is 602. The molecule has 1 unspecified atom stereocenters. The molecular weight excluding hydrogens is 276 g/mol. The molecule has 0 aliphatic rings. The third kappa shape index (κ3) is 3.29. The first-order chi connectivity index (χ1) is 9.61. The molecule has 2 aromatic rings. The number of aliphatic hydroxyl groups is 1. The van der Waals surface area contributed by atoms with E-state index in [0.717, 1.165) is 5.56 Å². The molecule has 0 aliphatic carbocycles. The van der Waals surface area contributed by atoms with Gasteiger partial charge in [-0.2, -0.15) is 0 Å². The summed E-state index contributed by atoms with van der Waals surface area (Å²) in [4.78, 5) is 12.2. The predicted octanol–water partition coefficient (Wildman–Crippen LogP) is 2.39. The molecule has 0 aliphatic heterocycles. The molecule has 1 amide bonds. The second kappa shape index (κ2) is 6.41. The average molecular weight is 291 g/mol. The number of carbonyl (C=O) groups is 1. The summed E-state index contributed by atoms with van der Waals surface area (Å²) in [6.45, 7) is -0.192. The molecule has 0 heterocycles. The third-order valence-electron chi connectivity index (χ3n) is 2.93. The highest BCUT2D eigenvalue weighted by molar-refractivity contribution is 6.34. The topological polar surface area (TPSA) is 75.4 Å². The zero-order valence-electron chi connectivity index (χ0n) is 10.7. The van der Waals surface area contributed by atoms with Gasteiger partial charge in [0, 0.05) is 5.69 Å². The smallest absolute Gasteiger partial charge is 0.253 e. The van der Waals surface area contributed by atoms with E-state index >= 15 is 0 Å². The quantitative estimate of drug-likeness (QED) is 0.757. The molecule has 0 bridgehead atoms. The van der Waals surface area contributed by atoms with Crippen molar-refractivity contribution in [1.29, 1.82) is 0 Å². The zero-order valence-corrected chi connectivity index (χ0v) is 11.5. The summed E-state index contributed by atoms with van der Waals surface area (Å²) < 4.78 is 0. The maximum atomic E-state index is 12.2. The minimum atomic E-state index is -0.475. The van der Waals surface area contributed by atoms with Crippen LogP contribution in [-0.4, -0.2) is 17.6 Å². The summed E-state index contributed by atoms with van der Waals surface area (Å²) >= 11 is 5.99. The van der Waals surface area contributed by atoms with Crippen LogP contribution >= 0.6 is 11.6 Å². The number of hydrogen-bond acceptors (Lipinski definition) is 3. The molecule has 0 radical (unpaired) electrons. The van der Waals surface area contributed by atoms with Crippen LogP contribution in [0.4, 0.5) is 5.69 Å². The zero-order chi connectivity index (χ0) is 14.5. The van der Waals surface area contributed by atoms with Crippen LogP contribution in [0.2, 0.25) is 5.02 Å². The van der Waals surface area contributed by atoms with Crippen molar-refractivity contribution in [3.05, 3.63) is 64.7 Å². The van der Waals surface area contributed by atoms with Crippen LogP contribution in [0.1, 0.15) is 22.0 Å². The van der Waals surface area contributed by atoms with Crippen LogP contribution in [0.25, 0.3) is 0 Å². The molecule has 0 spiro atoms. The Morgan fingerprint density at radius 1 is 1.25 bits per heavy atom. The van der Waals surface area contributed by atoms with Gasteiger partial charge in [0.05, 0.1) is 23.2 Å². The van der Waals surface area contributed by atoms with Gasteiger partial charge in [0.15, 0.2) is 0 Å². The van der Waals surface area contributed by atoms with Crippen molar-refractivity contribution < 1.29 is 9.90 Å². The maximum absolute atomic E-state index is 12.2. The van der Waals surface area contributed by atoms with Gasteiger partial charge >= 0.3 is 0 Å². The number of anilines is 1. The number of benzene rings is 2. The van der Waals surface area contributed by atoms with E-state index in [9.17, 15) is 9.90 Å². The first kappa shape index (κ1) is 14.4. The van der Waals surface area contributed by atoms with Crippen molar-refractivity contribution in [3.8, 4) is 0 Å². The number of nitrogens with one attached hydrogen (secondary N) is 1. The monoisotopic (exact) mass is 290 g/mol. The number of nitrogen functional groups attached to an aromatic ring is 1. The van der Waals surface area contributed by atoms with Gasteiger partial charge in [-0.15, -0.1) is 0 Å². The van der Waals surface area contributed by atoms with Crippen LogP contribution in [0.3, 0.4) is 0 Å². The Labute approximate surface area is 122 Å². The van der Waals surface area contributed by atoms with E-state index in [1.54, 1.807) is 12.1 Å². The van der Waals surface area contributed by atoms with Gasteiger partial charge in [0.2, 0.25) is 0 Å². The molecule has 0 aromatic heterocycles. The predicted molar refractivity (Wildman–Crippen MR) is 79.6 cm³/mol. The maximum Gasteiger partial charge on any atom is 0.253 e. The van der Waals surface area contributed by atoms with Crippen molar-refractivity contribution in [1.82, 2.24) is 5.32 Å². The van der Waals surface area contributed by atoms with Crippen molar-refractivity contribution in [2.75, 3.05) is 12.3 Å². The van der Waals surface area contributed by atoms with E-state index in [4.69, 9.17) is 17.3 Å². The highest BCUT2D eigenvalue weighted by atomic mass is 35.5. The Morgan fingerprint density at radius 2 is 1.95 bits per heavy atom. The third-order valence-corrected chi connectivity index (χ3v) is 3.24. The van der Waals surface area contributed by atoms with E-state index in [2.05, 4.69) is 5.32 Å². The first-order valence-corrected chi connectivity index (χ1v) is 6.51. The highest BCUT2D eigenvalue weighted by Crippen LogP contribution is 2.20. The molecule has 0 saturated heterocycles. The van der Waals surface area contributed by atoms with Gasteiger partial charge < -0.3 is 16.2 Å². The summed E-state index contributed by atoms with van der Waals surface area (Å²) in [7, 11) is 0. The molecular formula is C15H15ClN2O2. The minimum Gasteiger partial charge on any atom is -0.399 e. The van der Waals surface area contributed by atoms with Crippen LogP contribution in [-0.2, 0) is 0 Å². The van der Waals surface area contributed by atoms with E-state index in [1.165, 1.54) is 6.07 Å². The lowest BCUT2D eigenvalue weighted by Gasteiger charge is -2.17. The molecule has 20 heavy (non-hydrogen) atoms. The fourth-order valence-corrected chi connectivity index (χ4v) is 2.15. The molecule has 2 rings (SSSR count). The summed E-state index contributed by atoms with van der Waals surface area (Å²) in [6, 6.07) is 13.5. The van der Waals surface area contributed by atoms with E-state index in [-0.39, 0.29) is 17.5 Å². The van der Waals surface area contributed by atoms with Gasteiger partial charge in [-0.1, -0.05) is 41.9 Å². The van der Waals surface area contributed by atoms with E-state index in [0.29, 0.717) is 11.3 Å². The van der Waals surface area contributed by atoms with Crippen LogP contribution < -0.4 is 11.1 Å². The Hall–Kier alpha value is -2.04. The molecule has 4 nitrogen and oxygen atoms in total. The fraction of sp³-hybridized carbons (Fsp3) is 0.133. The number of halogens is 1. The second-order valence-corrected chi connectivity index (χ2v) is 4.77. The Morgan fingerprint density at radius 3 is 2.55 bits per heavy atom. The number of carbonyl (C=O) groups excluding carboxylic acids is 1. The molecule has 2 aromatic carbocycles. The van der Waals surface area contributed by atoms with Crippen molar-refractivity contribution in [2.24, 2.45) is 0 Å². The number of aliphatic hydroxyl groups excluding tert-OH is 1. The van der Waals surface area contributed by atoms with Crippen molar-refractivity contribution in [3.63, 3.8) is 0 Å². The summed E-state index contributed by atoms with van der Waals surface area (Å²) in [5.74, 6) is -0.349.